The fourth-order valence-corrected chi connectivity index (χ4v) is 5.03. The van der Waals surface area contributed by atoms with Crippen LogP contribution in [0.25, 0.3) is 0 Å². The highest BCUT2D eigenvalue weighted by Gasteiger charge is 2.28. The van der Waals surface area contributed by atoms with Crippen LogP contribution in [-0.2, 0) is 4.79 Å². The Labute approximate surface area is 179 Å². The minimum atomic E-state index is -0.0316. The summed E-state index contributed by atoms with van der Waals surface area (Å²) in [6.45, 7) is 4.13. The summed E-state index contributed by atoms with van der Waals surface area (Å²) in [5.41, 5.74) is 3.21. The van der Waals surface area contributed by atoms with Gasteiger partial charge in [0.1, 0.15) is 11.1 Å². The molecule has 29 heavy (non-hydrogen) atoms. The molecule has 0 bridgehead atoms. The number of nitriles is 1. The number of carbonyl (C=O) groups excluding carboxylic acids is 1. The van der Waals surface area contributed by atoms with E-state index in [0.717, 1.165) is 26.9 Å². The number of hydrogen-bond donors (Lipinski definition) is 0. The monoisotopic (exact) mass is 417 g/mol. The van der Waals surface area contributed by atoms with Crippen molar-refractivity contribution in [2.75, 3.05) is 10.7 Å². The van der Waals surface area contributed by atoms with Gasteiger partial charge in [-0.2, -0.15) is 5.26 Å². The van der Waals surface area contributed by atoms with Gasteiger partial charge < -0.3 is 0 Å². The normalized spacial score (nSPS) is 12.3. The van der Waals surface area contributed by atoms with Gasteiger partial charge in [0.2, 0.25) is 5.91 Å². The van der Waals surface area contributed by atoms with Crippen molar-refractivity contribution in [1.82, 2.24) is 4.98 Å². The third-order valence-corrected chi connectivity index (χ3v) is 6.71. The van der Waals surface area contributed by atoms with Crippen LogP contribution in [0.1, 0.15) is 31.0 Å². The molecule has 0 saturated heterocycles. The maximum atomic E-state index is 13.3. The predicted octanol–water partition coefficient (Wildman–Crippen LogP) is 6.00. The first-order chi connectivity index (χ1) is 14.1. The minimum Gasteiger partial charge on any atom is -0.278 e. The first kappa shape index (κ1) is 19.6. The average Bonchev–Trinajstić information content (AvgIpc) is 2.75. The Morgan fingerprint density at radius 2 is 1.69 bits per heavy atom. The summed E-state index contributed by atoms with van der Waals surface area (Å²) >= 11 is 3.00. The molecule has 0 unspecified atom stereocenters. The number of carbonyl (C=O) groups is 1. The number of para-hydroxylation sites is 2. The van der Waals surface area contributed by atoms with Crippen LogP contribution in [0.5, 0.6) is 0 Å². The summed E-state index contributed by atoms with van der Waals surface area (Å²) in [6.07, 6.45) is 0. The molecule has 0 saturated carbocycles. The number of fused-ring (bicyclic) bond motifs is 2. The van der Waals surface area contributed by atoms with Crippen molar-refractivity contribution < 1.29 is 4.79 Å². The summed E-state index contributed by atoms with van der Waals surface area (Å²) in [5.74, 6) is 0.433. The lowest BCUT2D eigenvalue weighted by atomic mass is 10.1. The van der Waals surface area contributed by atoms with Crippen LogP contribution < -0.4 is 4.90 Å². The van der Waals surface area contributed by atoms with Gasteiger partial charge in [-0.1, -0.05) is 61.6 Å². The van der Waals surface area contributed by atoms with Gasteiger partial charge in [-0.3, -0.25) is 9.69 Å². The van der Waals surface area contributed by atoms with E-state index in [2.05, 4.69) is 24.9 Å². The maximum Gasteiger partial charge on any atom is 0.242 e. The summed E-state index contributed by atoms with van der Waals surface area (Å²) < 4.78 is 0. The van der Waals surface area contributed by atoms with Crippen LogP contribution in [0.15, 0.2) is 75.5 Å². The maximum absolute atomic E-state index is 13.3. The number of amides is 1. The fraction of sp³-hybridized carbons (Fsp3) is 0.174. The molecule has 144 valence electrons. The van der Waals surface area contributed by atoms with Crippen molar-refractivity contribution in [3.05, 3.63) is 71.9 Å². The smallest absolute Gasteiger partial charge is 0.242 e. The summed E-state index contributed by atoms with van der Waals surface area (Å²) in [6, 6.07) is 21.7. The predicted molar refractivity (Wildman–Crippen MR) is 118 cm³/mol. The molecule has 0 radical (unpaired) electrons. The molecule has 1 aliphatic rings. The number of hydrogen-bond acceptors (Lipinski definition) is 5. The van der Waals surface area contributed by atoms with Gasteiger partial charge in [0.25, 0.3) is 0 Å². The van der Waals surface area contributed by atoms with E-state index in [0.29, 0.717) is 10.6 Å². The Kier molecular flexibility index (Phi) is 5.61. The molecule has 1 aromatic heterocycles. The quantitative estimate of drug-likeness (QED) is 0.487. The fourth-order valence-electron chi connectivity index (χ4n) is 3.14. The number of nitrogens with zero attached hydrogens (tertiary/aromatic N) is 3. The van der Waals surface area contributed by atoms with Gasteiger partial charge in [0, 0.05) is 15.5 Å². The van der Waals surface area contributed by atoms with Crippen molar-refractivity contribution in [1.29, 1.82) is 5.26 Å². The topological polar surface area (TPSA) is 57.0 Å². The van der Waals surface area contributed by atoms with Crippen LogP contribution in [0, 0.1) is 11.3 Å². The number of aromatic nitrogens is 1. The molecule has 0 atom stereocenters. The van der Waals surface area contributed by atoms with Crippen molar-refractivity contribution >= 4 is 40.8 Å². The lowest BCUT2D eigenvalue weighted by molar-refractivity contribution is -0.115. The lowest BCUT2D eigenvalue weighted by Crippen LogP contribution is -2.30. The zero-order chi connectivity index (χ0) is 20.4. The molecule has 1 amide bonds. The number of thioether (sulfide) groups is 1. The molecule has 0 aliphatic carbocycles. The zero-order valence-electron chi connectivity index (χ0n) is 16.1. The Hall–Kier alpha value is -2.75. The number of pyridine rings is 1. The van der Waals surface area contributed by atoms with E-state index >= 15 is 0 Å². The Morgan fingerprint density at radius 3 is 2.28 bits per heavy atom. The zero-order valence-corrected chi connectivity index (χ0v) is 17.8. The minimum absolute atomic E-state index is 0.0316. The van der Waals surface area contributed by atoms with E-state index in [1.807, 2.05) is 54.6 Å². The second-order valence-corrected chi connectivity index (χ2v) is 8.96. The third kappa shape index (κ3) is 3.89. The van der Waals surface area contributed by atoms with Crippen molar-refractivity contribution in [2.24, 2.45) is 0 Å². The molecule has 1 aliphatic heterocycles. The summed E-state index contributed by atoms with van der Waals surface area (Å²) in [4.78, 5) is 21.8. The first-order valence-corrected chi connectivity index (χ1v) is 11.1. The molecule has 2 aromatic carbocycles. The van der Waals surface area contributed by atoms with Crippen molar-refractivity contribution in [3.8, 4) is 6.07 Å². The van der Waals surface area contributed by atoms with Crippen LogP contribution in [-0.4, -0.2) is 16.6 Å². The molecule has 6 heteroatoms. The standard InChI is InChI=1S/C23H19N3OS2/c1-15(2)17-12-11-16(13-24)23(25-17)28-14-22(27)26-18-7-3-5-9-20(18)29-21-10-6-4-8-19(21)26/h3-12,15H,14H2,1-2H3. The van der Waals surface area contributed by atoms with Gasteiger partial charge in [0.05, 0.1) is 22.7 Å². The van der Waals surface area contributed by atoms with Crippen LogP contribution >= 0.6 is 23.5 Å². The second-order valence-electron chi connectivity index (χ2n) is 6.91. The van der Waals surface area contributed by atoms with Gasteiger partial charge >= 0.3 is 0 Å². The first-order valence-electron chi connectivity index (χ1n) is 9.31. The van der Waals surface area contributed by atoms with Gasteiger partial charge in [-0.05, 0) is 42.3 Å². The molecular formula is C23H19N3OS2. The number of benzene rings is 2. The molecule has 0 fully saturated rings. The van der Waals surface area contributed by atoms with Crippen LogP contribution in [0.3, 0.4) is 0 Å². The molecule has 4 nitrogen and oxygen atoms in total. The van der Waals surface area contributed by atoms with Gasteiger partial charge in [-0.25, -0.2) is 4.98 Å². The second kappa shape index (κ2) is 8.32. The number of anilines is 2. The van der Waals surface area contributed by atoms with Gasteiger partial charge in [0.15, 0.2) is 0 Å². The van der Waals surface area contributed by atoms with E-state index in [9.17, 15) is 10.1 Å². The molecule has 2 heterocycles. The van der Waals surface area contributed by atoms with Crippen LogP contribution in [0.2, 0.25) is 0 Å². The Bertz CT molecular complexity index is 1080. The highest BCUT2D eigenvalue weighted by molar-refractivity contribution is 8.00. The molecule has 0 spiro atoms. The summed E-state index contributed by atoms with van der Waals surface area (Å²) in [7, 11) is 0. The Morgan fingerprint density at radius 1 is 1.07 bits per heavy atom. The third-order valence-electron chi connectivity index (χ3n) is 4.61. The molecule has 0 N–H and O–H groups in total. The van der Waals surface area contributed by atoms with E-state index in [1.54, 1.807) is 22.7 Å². The average molecular weight is 418 g/mol. The van der Waals surface area contributed by atoms with Crippen molar-refractivity contribution in [2.45, 2.75) is 34.6 Å². The lowest BCUT2D eigenvalue weighted by Gasteiger charge is -2.31. The van der Waals surface area contributed by atoms with E-state index in [-0.39, 0.29) is 17.6 Å². The SMILES string of the molecule is CC(C)c1ccc(C#N)c(SCC(=O)N2c3ccccc3Sc3ccccc32)n1. The highest BCUT2D eigenvalue weighted by Crippen LogP contribution is 2.48. The van der Waals surface area contributed by atoms with E-state index in [4.69, 9.17) is 0 Å². The van der Waals surface area contributed by atoms with E-state index in [1.165, 1.54) is 11.8 Å². The van der Waals surface area contributed by atoms with E-state index < -0.39 is 0 Å². The van der Waals surface area contributed by atoms with Gasteiger partial charge in [-0.15, -0.1) is 0 Å². The Balaban J connectivity index is 1.64. The molecule has 3 aromatic rings. The van der Waals surface area contributed by atoms with Crippen molar-refractivity contribution in [3.63, 3.8) is 0 Å². The molecule has 4 rings (SSSR count). The largest absolute Gasteiger partial charge is 0.278 e. The molecular weight excluding hydrogens is 398 g/mol. The summed E-state index contributed by atoms with van der Waals surface area (Å²) in [5, 5.41) is 10.0. The van der Waals surface area contributed by atoms with Crippen LogP contribution in [0.4, 0.5) is 11.4 Å². The highest BCUT2D eigenvalue weighted by atomic mass is 32.2. The number of rotatable bonds is 4.